The molecular weight excluding hydrogens is 400 g/mol. The lowest BCUT2D eigenvalue weighted by molar-refractivity contribution is -0.104. The molecule has 0 aromatic heterocycles. The molecule has 30 heavy (non-hydrogen) atoms. The van der Waals surface area contributed by atoms with Crippen LogP contribution < -0.4 is 0 Å². The normalized spacial score (nSPS) is 46.5. The van der Waals surface area contributed by atoms with Crippen molar-refractivity contribution >= 4 is 16.6 Å². The van der Waals surface area contributed by atoms with Crippen molar-refractivity contribution in [2.45, 2.75) is 116 Å². The Hall–Kier alpha value is -0.0862. The van der Waals surface area contributed by atoms with Crippen molar-refractivity contribution in [2.75, 3.05) is 0 Å². The van der Waals surface area contributed by atoms with Gasteiger partial charge in [0.25, 0.3) is 0 Å². The average molecular weight is 447 g/mol. The third-order valence-corrected chi connectivity index (χ3v) is 11.3. The summed E-state index contributed by atoms with van der Waals surface area (Å²) in [6, 6.07) is 0. The highest BCUT2D eigenvalue weighted by Gasteiger charge is 2.64. The predicted molar refractivity (Wildman–Crippen MR) is 131 cm³/mol. The summed E-state index contributed by atoms with van der Waals surface area (Å²) in [6.45, 7) is 16.5. The molecule has 0 N–H and O–H groups in total. The van der Waals surface area contributed by atoms with Crippen LogP contribution in [0.4, 0.5) is 0 Å². The smallest absolute Gasteiger partial charge is 0.185 e. The second kappa shape index (κ2) is 7.75. The van der Waals surface area contributed by atoms with Crippen LogP contribution in [0.5, 0.6) is 0 Å². The van der Waals surface area contributed by atoms with E-state index < -0.39 is 16.6 Å². The molecule has 4 saturated carbocycles. The Morgan fingerprint density at radius 2 is 1.50 bits per heavy atom. The average Bonchev–Trinajstić information content (AvgIpc) is 2.91. The lowest BCUT2D eigenvalue weighted by atomic mass is 9.49. The second-order valence-corrected chi connectivity index (χ2v) is 22.2. The molecule has 0 aromatic rings. The van der Waals surface area contributed by atoms with E-state index in [4.69, 9.17) is 15.3 Å². The summed E-state index contributed by atoms with van der Waals surface area (Å²) in [6.07, 6.45) is 18.6. The minimum atomic E-state index is -1.69. The fourth-order valence-corrected chi connectivity index (χ4v) is 11.0. The summed E-state index contributed by atoms with van der Waals surface area (Å²) < 4.78 is 13.4. The van der Waals surface area contributed by atoms with Gasteiger partial charge in [-0.15, -0.1) is 6.42 Å². The van der Waals surface area contributed by atoms with Gasteiger partial charge in [0.1, 0.15) is 5.60 Å². The van der Waals surface area contributed by atoms with E-state index in [1.54, 1.807) is 0 Å². The van der Waals surface area contributed by atoms with Crippen molar-refractivity contribution < 1.29 is 8.85 Å². The fraction of sp³-hybridized carbons (Fsp3) is 0.923. The van der Waals surface area contributed by atoms with Crippen LogP contribution in [-0.4, -0.2) is 28.3 Å². The van der Waals surface area contributed by atoms with Crippen LogP contribution in [-0.2, 0) is 8.85 Å². The first-order chi connectivity index (χ1) is 13.9. The molecule has 8 atom stereocenters. The maximum absolute atomic E-state index is 6.84. The number of hydrogen-bond donors (Lipinski definition) is 0. The van der Waals surface area contributed by atoms with E-state index in [0.29, 0.717) is 6.10 Å². The lowest BCUT2D eigenvalue weighted by Crippen LogP contribution is -2.56. The molecule has 0 amide bonds. The van der Waals surface area contributed by atoms with Crippen LogP contribution in [0, 0.1) is 47.3 Å². The van der Waals surface area contributed by atoms with Crippen molar-refractivity contribution in [3.8, 4) is 12.3 Å². The topological polar surface area (TPSA) is 18.5 Å². The van der Waals surface area contributed by atoms with E-state index in [0.717, 1.165) is 36.0 Å². The van der Waals surface area contributed by atoms with Crippen LogP contribution in [0.3, 0.4) is 0 Å². The number of hydrogen-bond acceptors (Lipinski definition) is 2. The first kappa shape index (κ1) is 23.1. The van der Waals surface area contributed by atoms with Gasteiger partial charge in [-0.25, -0.2) is 0 Å². The highest BCUT2D eigenvalue weighted by atomic mass is 28.4. The zero-order valence-corrected chi connectivity index (χ0v) is 22.7. The molecule has 4 heteroatoms. The van der Waals surface area contributed by atoms with Crippen LogP contribution >= 0.6 is 0 Å². The Morgan fingerprint density at radius 3 is 2.13 bits per heavy atom. The highest BCUT2D eigenvalue weighted by Crippen LogP contribution is 2.66. The molecule has 0 radical (unpaired) electrons. The van der Waals surface area contributed by atoms with Crippen molar-refractivity contribution in [2.24, 2.45) is 35.0 Å². The van der Waals surface area contributed by atoms with Gasteiger partial charge in [-0.3, -0.25) is 0 Å². The van der Waals surface area contributed by atoms with Crippen molar-refractivity contribution in [3.05, 3.63) is 0 Å². The minimum Gasteiger partial charge on any atom is -0.415 e. The maximum atomic E-state index is 6.84. The zero-order chi connectivity index (χ0) is 21.9. The predicted octanol–water partition coefficient (Wildman–Crippen LogP) is 7.08. The monoisotopic (exact) mass is 446 g/mol. The van der Waals surface area contributed by atoms with Gasteiger partial charge in [-0.1, -0.05) is 12.8 Å². The Labute approximate surface area is 188 Å². The standard InChI is InChI=1S/C26H46O2Si2/c1-9-26(28-30(6,7)8)17-15-24-23-12-10-19-18-20(27-29(3,4)5)11-13-21(19)22(23)14-16-25(24,26)2/h1,19-24H,10-18H2,2-8H3. The van der Waals surface area contributed by atoms with Crippen LogP contribution in [0.2, 0.25) is 39.3 Å². The molecule has 0 aliphatic heterocycles. The molecule has 4 fully saturated rings. The van der Waals surface area contributed by atoms with Gasteiger partial charge >= 0.3 is 0 Å². The van der Waals surface area contributed by atoms with E-state index in [-0.39, 0.29) is 11.0 Å². The number of fused-ring (bicyclic) bond motifs is 5. The van der Waals surface area contributed by atoms with Crippen molar-refractivity contribution in [3.63, 3.8) is 0 Å². The second-order valence-electron chi connectivity index (χ2n) is 13.3. The largest absolute Gasteiger partial charge is 0.415 e. The van der Waals surface area contributed by atoms with E-state index >= 15 is 0 Å². The molecule has 2 nitrogen and oxygen atoms in total. The number of terminal acetylenes is 1. The molecule has 8 unspecified atom stereocenters. The molecule has 4 aliphatic rings. The molecular formula is C26H46O2Si2. The highest BCUT2D eigenvalue weighted by molar-refractivity contribution is 6.70. The van der Waals surface area contributed by atoms with Gasteiger partial charge in [0, 0.05) is 11.5 Å². The molecule has 0 heterocycles. The molecule has 0 bridgehead atoms. The summed E-state index contributed by atoms with van der Waals surface area (Å²) in [5.41, 5.74) is -0.138. The van der Waals surface area contributed by atoms with Crippen LogP contribution in [0.25, 0.3) is 0 Å². The first-order valence-electron chi connectivity index (χ1n) is 12.7. The quantitative estimate of drug-likeness (QED) is 0.339. The Morgan fingerprint density at radius 1 is 0.800 bits per heavy atom. The third-order valence-electron chi connectivity index (χ3n) is 9.26. The number of rotatable bonds is 4. The maximum Gasteiger partial charge on any atom is 0.185 e. The lowest BCUT2D eigenvalue weighted by Gasteiger charge is -2.58. The molecule has 0 aromatic carbocycles. The summed E-state index contributed by atoms with van der Waals surface area (Å²) in [4.78, 5) is 0. The van der Waals surface area contributed by atoms with Crippen molar-refractivity contribution in [1.29, 1.82) is 0 Å². The molecule has 170 valence electrons. The van der Waals surface area contributed by atoms with E-state index in [1.165, 1.54) is 51.4 Å². The van der Waals surface area contributed by atoms with Crippen LogP contribution in [0.15, 0.2) is 0 Å². The molecule has 0 spiro atoms. The summed E-state index contributed by atoms with van der Waals surface area (Å²) in [7, 11) is -3.12. The van der Waals surface area contributed by atoms with Crippen LogP contribution in [0.1, 0.15) is 64.7 Å². The Balaban J connectivity index is 1.50. The molecule has 0 saturated heterocycles. The molecule has 4 aliphatic carbocycles. The Kier molecular flexibility index (Phi) is 5.96. The molecule has 4 rings (SSSR count). The zero-order valence-electron chi connectivity index (χ0n) is 20.7. The van der Waals surface area contributed by atoms with E-state index in [1.807, 2.05) is 0 Å². The first-order valence-corrected chi connectivity index (χ1v) is 19.5. The van der Waals surface area contributed by atoms with Gasteiger partial charge in [0.2, 0.25) is 0 Å². The SMILES string of the molecule is C#CC1(O[Si](C)(C)C)CCC2C3CCC4CC(O[Si](C)(C)C)CCC4C3CCC21C. The fourth-order valence-electron chi connectivity index (χ4n) is 8.37. The van der Waals surface area contributed by atoms with Gasteiger partial charge in [0.05, 0.1) is 0 Å². The van der Waals surface area contributed by atoms with Gasteiger partial charge in [-0.2, -0.15) is 0 Å². The van der Waals surface area contributed by atoms with Crippen molar-refractivity contribution in [1.82, 2.24) is 0 Å². The van der Waals surface area contributed by atoms with Gasteiger partial charge < -0.3 is 8.85 Å². The van der Waals surface area contributed by atoms with Gasteiger partial charge in [0.15, 0.2) is 16.6 Å². The summed E-state index contributed by atoms with van der Waals surface area (Å²) in [5, 5.41) is 0. The summed E-state index contributed by atoms with van der Waals surface area (Å²) in [5.74, 6) is 7.66. The third kappa shape index (κ3) is 4.02. The minimum absolute atomic E-state index is 0.175. The van der Waals surface area contributed by atoms with Gasteiger partial charge in [-0.05, 0) is 127 Å². The summed E-state index contributed by atoms with van der Waals surface area (Å²) >= 11 is 0. The van der Waals surface area contributed by atoms with E-state index in [2.05, 4.69) is 52.1 Å². The Bertz CT molecular complexity index is 687. The van der Waals surface area contributed by atoms with E-state index in [9.17, 15) is 0 Å².